The number of carbonyl (C=O) groups is 4. The summed E-state index contributed by atoms with van der Waals surface area (Å²) < 4.78 is 10.8. The monoisotopic (exact) mass is 479 g/mol. The fraction of sp³-hybridized carbons (Fsp3) is 0.600. The zero-order chi connectivity index (χ0) is 24.8. The normalized spacial score (nSPS) is 21.0. The lowest BCUT2D eigenvalue weighted by Gasteiger charge is -2.43. The van der Waals surface area contributed by atoms with Gasteiger partial charge in [0.15, 0.2) is 5.78 Å². The number of rotatable bonds is 9. The number of Topliss-reactive ketones (excluding diaryl/α,β-unsaturated/α-hetero) is 2. The molecular formula is C25H34ClNO6. The summed E-state index contributed by atoms with van der Waals surface area (Å²) in [5, 5.41) is 0.396. The number of carbonyl (C=O) groups excluding carboxylic acids is 4. The maximum absolute atomic E-state index is 13.2. The topological polar surface area (TPSA) is 90.0 Å². The van der Waals surface area contributed by atoms with E-state index in [2.05, 4.69) is 0 Å². The highest BCUT2D eigenvalue weighted by atomic mass is 35.5. The number of hydrogen-bond acceptors (Lipinski definition) is 6. The summed E-state index contributed by atoms with van der Waals surface area (Å²) in [6.45, 7) is 6.67. The van der Waals surface area contributed by atoms with Crippen molar-refractivity contribution in [1.82, 2.24) is 4.90 Å². The third kappa shape index (κ3) is 6.14. The Hall–Kier alpha value is -2.41. The van der Waals surface area contributed by atoms with Gasteiger partial charge in [0, 0.05) is 37.4 Å². The van der Waals surface area contributed by atoms with Crippen LogP contribution in [0.1, 0.15) is 71.8 Å². The number of benzene rings is 1. The van der Waals surface area contributed by atoms with Gasteiger partial charge in [0.1, 0.15) is 11.3 Å². The molecule has 0 aliphatic heterocycles. The molecular weight excluding hydrogens is 446 g/mol. The lowest BCUT2D eigenvalue weighted by Crippen LogP contribution is -2.55. The average Bonchev–Trinajstić information content (AvgIpc) is 2.77. The Morgan fingerprint density at radius 2 is 1.82 bits per heavy atom. The van der Waals surface area contributed by atoms with Crippen molar-refractivity contribution in [3.63, 3.8) is 0 Å². The SMILES string of the molecule is CCC(C)[C@H](CC(C)=O)C(=O)OC(C)OC(=O)N(C)[C@]1(c2ccccc2Cl)CCCCC1=O. The summed E-state index contributed by atoms with van der Waals surface area (Å²) in [7, 11) is 1.50. The first-order valence-corrected chi connectivity index (χ1v) is 11.8. The van der Waals surface area contributed by atoms with Crippen molar-refractivity contribution in [2.24, 2.45) is 11.8 Å². The molecule has 1 aliphatic rings. The van der Waals surface area contributed by atoms with Crippen LogP contribution in [0.2, 0.25) is 5.02 Å². The quantitative estimate of drug-likeness (QED) is 0.353. The highest BCUT2D eigenvalue weighted by molar-refractivity contribution is 6.31. The van der Waals surface area contributed by atoms with E-state index in [0.717, 1.165) is 12.8 Å². The molecule has 7 nitrogen and oxygen atoms in total. The molecule has 8 heteroatoms. The molecule has 0 saturated heterocycles. The van der Waals surface area contributed by atoms with Gasteiger partial charge in [-0.1, -0.05) is 50.1 Å². The van der Waals surface area contributed by atoms with E-state index in [1.807, 2.05) is 13.8 Å². The number of hydrogen-bond donors (Lipinski definition) is 0. The largest absolute Gasteiger partial charge is 0.425 e. The van der Waals surface area contributed by atoms with E-state index in [-0.39, 0.29) is 23.9 Å². The minimum absolute atomic E-state index is 0.0599. The molecule has 4 atom stereocenters. The number of ether oxygens (including phenoxy) is 2. The van der Waals surface area contributed by atoms with Crippen LogP contribution in [0.25, 0.3) is 0 Å². The summed E-state index contributed by atoms with van der Waals surface area (Å²) in [5.41, 5.74) is -0.690. The van der Waals surface area contributed by atoms with E-state index in [1.54, 1.807) is 24.3 Å². The van der Waals surface area contributed by atoms with Gasteiger partial charge >= 0.3 is 12.1 Å². The van der Waals surface area contributed by atoms with Gasteiger partial charge in [-0.15, -0.1) is 0 Å². The van der Waals surface area contributed by atoms with Crippen molar-refractivity contribution in [2.75, 3.05) is 7.05 Å². The van der Waals surface area contributed by atoms with Crippen LogP contribution in [-0.2, 0) is 29.4 Å². The van der Waals surface area contributed by atoms with Crippen molar-refractivity contribution in [1.29, 1.82) is 0 Å². The van der Waals surface area contributed by atoms with Gasteiger partial charge in [-0.3, -0.25) is 14.5 Å². The first-order chi connectivity index (χ1) is 15.5. The summed E-state index contributed by atoms with van der Waals surface area (Å²) >= 11 is 6.43. The number of nitrogens with zero attached hydrogens (tertiary/aromatic N) is 1. The van der Waals surface area contributed by atoms with E-state index < -0.39 is 29.8 Å². The van der Waals surface area contributed by atoms with Crippen LogP contribution in [-0.4, -0.2) is 41.9 Å². The first-order valence-electron chi connectivity index (χ1n) is 11.5. The van der Waals surface area contributed by atoms with Gasteiger partial charge in [-0.05, 0) is 38.2 Å². The fourth-order valence-corrected chi connectivity index (χ4v) is 4.68. The molecule has 0 spiro atoms. The molecule has 2 unspecified atom stereocenters. The summed E-state index contributed by atoms with van der Waals surface area (Å²) in [4.78, 5) is 51.8. The van der Waals surface area contributed by atoms with Crippen molar-refractivity contribution in [3.05, 3.63) is 34.9 Å². The molecule has 1 aliphatic carbocycles. The Labute approximate surface area is 200 Å². The second-order valence-corrected chi connectivity index (χ2v) is 9.22. The Kier molecular flexibility index (Phi) is 9.46. The van der Waals surface area contributed by atoms with Crippen molar-refractivity contribution >= 4 is 35.2 Å². The third-order valence-corrected chi connectivity index (χ3v) is 6.84. The molecule has 0 N–H and O–H groups in total. The Bertz CT molecular complexity index is 887. The average molecular weight is 480 g/mol. The van der Waals surface area contributed by atoms with E-state index in [4.69, 9.17) is 21.1 Å². The van der Waals surface area contributed by atoms with Gasteiger partial charge in [-0.2, -0.15) is 0 Å². The number of likely N-dealkylation sites (N-methyl/N-ethyl adjacent to an activating group) is 1. The van der Waals surface area contributed by atoms with Crippen molar-refractivity contribution in [3.8, 4) is 0 Å². The second-order valence-electron chi connectivity index (χ2n) is 8.82. The predicted molar refractivity (Wildman–Crippen MR) is 125 cm³/mol. The molecule has 1 amide bonds. The van der Waals surface area contributed by atoms with E-state index in [0.29, 0.717) is 29.8 Å². The molecule has 2 rings (SSSR count). The van der Waals surface area contributed by atoms with Crippen LogP contribution < -0.4 is 0 Å². The van der Waals surface area contributed by atoms with Crippen molar-refractivity contribution in [2.45, 2.75) is 78.0 Å². The summed E-state index contributed by atoms with van der Waals surface area (Å²) in [5.74, 6) is -1.48. The molecule has 1 saturated carbocycles. The van der Waals surface area contributed by atoms with Crippen LogP contribution in [0.3, 0.4) is 0 Å². The maximum atomic E-state index is 13.2. The number of ketones is 2. The van der Waals surface area contributed by atoms with Gasteiger partial charge in [0.25, 0.3) is 0 Å². The molecule has 1 aromatic rings. The minimum Gasteiger partial charge on any atom is -0.425 e. The fourth-order valence-electron chi connectivity index (χ4n) is 4.39. The van der Waals surface area contributed by atoms with Gasteiger partial charge in [0.05, 0.1) is 5.92 Å². The van der Waals surface area contributed by atoms with E-state index >= 15 is 0 Å². The third-order valence-electron chi connectivity index (χ3n) is 6.51. The predicted octanol–water partition coefficient (Wildman–Crippen LogP) is 5.28. The van der Waals surface area contributed by atoms with Gasteiger partial charge < -0.3 is 14.3 Å². The van der Waals surface area contributed by atoms with E-state index in [1.165, 1.54) is 25.8 Å². The van der Waals surface area contributed by atoms with Gasteiger partial charge in [-0.25, -0.2) is 4.79 Å². The number of amides is 1. The second kappa shape index (κ2) is 11.6. The molecule has 0 radical (unpaired) electrons. The highest BCUT2D eigenvalue weighted by Crippen LogP contribution is 2.42. The molecule has 0 aromatic heterocycles. The molecule has 0 bridgehead atoms. The minimum atomic E-state index is -1.24. The number of esters is 1. The highest BCUT2D eigenvalue weighted by Gasteiger charge is 2.49. The molecule has 1 aromatic carbocycles. The Balaban J connectivity index is 2.20. The smallest absolute Gasteiger partial charge is 0.413 e. The molecule has 0 heterocycles. The number of halogens is 1. The van der Waals surface area contributed by atoms with Crippen LogP contribution in [0.4, 0.5) is 4.79 Å². The van der Waals surface area contributed by atoms with E-state index in [9.17, 15) is 19.2 Å². The lowest BCUT2D eigenvalue weighted by molar-refractivity contribution is -0.175. The van der Waals surface area contributed by atoms with Crippen LogP contribution in [0.15, 0.2) is 24.3 Å². The van der Waals surface area contributed by atoms with Gasteiger partial charge in [0.2, 0.25) is 6.29 Å². The Morgan fingerprint density at radius 3 is 2.39 bits per heavy atom. The molecule has 182 valence electrons. The van der Waals surface area contributed by atoms with Crippen LogP contribution in [0, 0.1) is 11.8 Å². The van der Waals surface area contributed by atoms with Crippen molar-refractivity contribution < 1.29 is 28.7 Å². The standard InChI is InChI=1S/C25H34ClNO6/c1-6-16(2)19(15-17(3)28)23(30)32-18(4)33-24(31)27(5)25(14-10-9-13-22(25)29)20-11-7-8-12-21(20)26/h7-8,11-12,16,18-19H,6,9-10,13-15H2,1-5H3/t16?,18?,19-,25-/m0/s1. The zero-order valence-electron chi connectivity index (χ0n) is 20.1. The van der Waals surface area contributed by atoms with Crippen LogP contribution in [0.5, 0.6) is 0 Å². The Morgan fingerprint density at radius 1 is 1.15 bits per heavy atom. The van der Waals surface area contributed by atoms with Crippen LogP contribution >= 0.6 is 11.6 Å². The lowest BCUT2D eigenvalue weighted by atomic mass is 9.74. The molecule has 33 heavy (non-hydrogen) atoms. The first kappa shape index (κ1) is 26.8. The summed E-state index contributed by atoms with van der Waals surface area (Å²) in [6.07, 6.45) is 1.03. The zero-order valence-corrected chi connectivity index (χ0v) is 20.8. The maximum Gasteiger partial charge on any atom is 0.413 e. The molecule has 1 fully saturated rings. The summed E-state index contributed by atoms with van der Waals surface area (Å²) in [6, 6.07) is 6.98.